The Morgan fingerprint density at radius 1 is 0.880 bits per heavy atom. The van der Waals surface area contributed by atoms with Gasteiger partial charge in [0.1, 0.15) is 5.65 Å². The molecule has 0 atom stereocenters. The highest BCUT2D eigenvalue weighted by Gasteiger charge is 2.14. The van der Waals surface area contributed by atoms with Gasteiger partial charge in [-0.15, -0.1) is 0 Å². The van der Waals surface area contributed by atoms with E-state index >= 15 is 0 Å². The molecule has 0 aliphatic carbocycles. The molecule has 0 unspecified atom stereocenters. The number of fused-ring (bicyclic) bond motifs is 4. The summed E-state index contributed by atoms with van der Waals surface area (Å²) in [7, 11) is 3.25. The van der Waals surface area contributed by atoms with Gasteiger partial charge < -0.3 is 4.74 Å². The zero-order valence-corrected chi connectivity index (χ0v) is 13.5. The molecule has 25 heavy (non-hydrogen) atoms. The summed E-state index contributed by atoms with van der Waals surface area (Å²) in [6, 6.07) is 19.7. The highest BCUT2D eigenvalue weighted by Crippen LogP contribution is 2.29. The first-order valence-electron chi connectivity index (χ1n) is 7.70. The Morgan fingerprint density at radius 3 is 2.24 bits per heavy atom. The van der Waals surface area contributed by atoms with Gasteiger partial charge >= 0.3 is 0 Å². The SMILES string of the molecule is C.COC.O=c1c2cccc3cccc(c32)c2nc3ccccc3n12. The van der Waals surface area contributed by atoms with E-state index in [2.05, 4.69) is 9.72 Å². The standard InChI is InChI=1S/C18H10N2O.C2H6O.CH4/c21-18-13-8-4-6-11-5-3-7-12(16(11)13)17-19-14-9-1-2-10-15(14)20(17)18;1-3-2;/h1-10H;1-2H3;1H4. The fourth-order valence-corrected chi connectivity index (χ4v) is 3.24. The van der Waals surface area contributed by atoms with Crippen molar-refractivity contribution in [1.29, 1.82) is 0 Å². The van der Waals surface area contributed by atoms with Gasteiger partial charge in [-0.3, -0.25) is 9.20 Å². The van der Waals surface area contributed by atoms with Gasteiger partial charge in [0.15, 0.2) is 0 Å². The second-order valence-corrected chi connectivity index (χ2v) is 5.68. The topological polar surface area (TPSA) is 43.6 Å². The maximum absolute atomic E-state index is 12.9. The molecule has 5 aromatic rings. The molecule has 4 heteroatoms. The molecule has 0 N–H and O–H groups in total. The van der Waals surface area contributed by atoms with Crippen molar-refractivity contribution >= 4 is 38.2 Å². The fraction of sp³-hybridized carbons (Fsp3) is 0.143. The second kappa shape index (κ2) is 6.49. The summed E-state index contributed by atoms with van der Waals surface area (Å²) in [4.78, 5) is 17.6. The van der Waals surface area contributed by atoms with Crippen molar-refractivity contribution in [3.63, 3.8) is 0 Å². The molecule has 2 heterocycles. The molecule has 0 radical (unpaired) electrons. The van der Waals surface area contributed by atoms with E-state index in [1.165, 1.54) is 0 Å². The number of ether oxygens (including phenoxy) is 1. The van der Waals surface area contributed by atoms with Gasteiger partial charge in [-0.2, -0.15) is 0 Å². The summed E-state index contributed by atoms with van der Waals surface area (Å²) in [5, 5.41) is 3.86. The molecule has 0 amide bonds. The first-order chi connectivity index (χ1) is 11.8. The Kier molecular flexibility index (Phi) is 4.38. The van der Waals surface area contributed by atoms with Gasteiger partial charge in [0.25, 0.3) is 5.56 Å². The minimum absolute atomic E-state index is 0. The van der Waals surface area contributed by atoms with Crippen LogP contribution in [0.3, 0.4) is 0 Å². The zero-order chi connectivity index (χ0) is 16.7. The minimum Gasteiger partial charge on any atom is -0.388 e. The van der Waals surface area contributed by atoms with E-state index in [1.54, 1.807) is 18.6 Å². The van der Waals surface area contributed by atoms with Crippen LogP contribution < -0.4 is 5.56 Å². The van der Waals surface area contributed by atoms with Gasteiger partial charge in [0.05, 0.1) is 11.0 Å². The van der Waals surface area contributed by atoms with E-state index in [0.717, 1.165) is 38.2 Å². The number of rotatable bonds is 0. The number of pyridine rings is 1. The van der Waals surface area contributed by atoms with Gasteiger partial charge in [0.2, 0.25) is 0 Å². The van der Waals surface area contributed by atoms with E-state index in [9.17, 15) is 4.79 Å². The molecule has 5 rings (SSSR count). The number of aromatic nitrogens is 2. The Balaban J connectivity index is 0.000000428. The molecule has 0 saturated heterocycles. The van der Waals surface area contributed by atoms with Gasteiger partial charge in [0, 0.05) is 30.4 Å². The average Bonchev–Trinajstić information content (AvgIpc) is 3.00. The third-order valence-corrected chi connectivity index (χ3v) is 4.14. The lowest BCUT2D eigenvalue weighted by Gasteiger charge is -2.06. The van der Waals surface area contributed by atoms with Crippen LogP contribution in [0.1, 0.15) is 7.43 Å². The predicted molar refractivity (Wildman–Crippen MR) is 105 cm³/mol. The Morgan fingerprint density at radius 2 is 1.52 bits per heavy atom. The van der Waals surface area contributed by atoms with Crippen LogP contribution in [0.4, 0.5) is 0 Å². The van der Waals surface area contributed by atoms with Crippen molar-refractivity contribution in [1.82, 2.24) is 9.38 Å². The first-order valence-corrected chi connectivity index (χ1v) is 7.70. The Bertz CT molecular complexity index is 1220. The summed E-state index contributed by atoms with van der Waals surface area (Å²) >= 11 is 0. The summed E-state index contributed by atoms with van der Waals surface area (Å²) in [5.74, 6) is 0. The largest absolute Gasteiger partial charge is 0.388 e. The van der Waals surface area contributed by atoms with Crippen molar-refractivity contribution in [3.8, 4) is 0 Å². The molecule has 126 valence electrons. The maximum Gasteiger partial charge on any atom is 0.264 e. The number of imidazole rings is 1. The van der Waals surface area contributed by atoms with Gasteiger partial charge in [-0.05, 0) is 23.6 Å². The summed E-state index contributed by atoms with van der Waals surface area (Å²) in [6.45, 7) is 0. The average molecular weight is 332 g/mol. The van der Waals surface area contributed by atoms with Crippen LogP contribution >= 0.6 is 0 Å². The molecule has 0 saturated carbocycles. The van der Waals surface area contributed by atoms with Crippen LogP contribution in [-0.4, -0.2) is 23.6 Å². The first kappa shape index (κ1) is 16.9. The van der Waals surface area contributed by atoms with Crippen molar-refractivity contribution < 1.29 is 4.74 Å². The van der Waals surface area contributed by atoms with Crippen LogP contribution in [0.25, 0.3) is 38.2 Å². The molecule has 0 aliphatic heterocycles. The van der Waals surface area contributed by atoms with Crippen molar-refractivity contribution in [2.24, 2.45) is 0 Å². The number of para-hydroxylation sites is 2. The smallest absolute Gasteiger partial charge is 0.264 e. The minimum atomic E-state index is 0. The third kappa shape index (κ3) is 2.42. The van der Waals surface area contributed by atoms with Crippen LogP contribution in [-0.2, 0) is 4.74 Å². The van der Waals surface area contributed by atoms with Crippen LogP contribution in [0.15, 0.2) is 65.5 Å². The highest BCUT2D eigenvalue weighted by molar-refractivity contribution is 6.15. The normalized spacial score (nSPS) is 10.8. The number of hydrogen-bond donors (Lipinski definition) is 0. The van der Waals surface area contributed by atoms with Crippen LogP contribution in [0.5, 0.6) is 0 Å². The number of methoxy groups -OCH3 is 1. The molecular weight excluding hydrogens is 312 g/mol. The maximum atomic E-state index is 12.9. The molecular formula is C21H20N2O2. The number of nitrogens with zero attached hydrogens (tertiary/aromatic N) is 2. The van der Waals surface area contributed by atoms with E-state index < -0.39 is 0 Å². The predicted octanol–water partition coefficient (Wildman–Crippen LogP) is 4.49. The molecule has 4 nitrogen and oxygen atoms in total. The second-order valence-electron chi connectivity index (χ2n) is 5.68. The molecule has 3 aromatic carbocycles. The molecule has 0 fully saturated rings. The van der Waals surface area contributed by atoms with E-state index in [-0.39, 0.29) is 13.0 Å². The van der Waals surface area contributed by atoms with Crippen molar-refractivity contribution in [2.45, 2.75) is 7.43 Å². The zero-order valence-electron chi connectivity index (χ0n) is 13.5. The Labute approximate surface area is 145 Å². The fourth-order valence-electron chi connectivity index (χ4n) is 3.24. The van der Waals surface area contributed by atoms with E-state index in [0.29, 0.717) is 0 Å². The van der Waals surface area contributed by atoms with Crippen molar-refractivity contribution in [2.75, 3.05) is 14.2 Å². The van der Waals surface area contributed by atoms with Gasteiger partial charge in [-0.1, -0.05) is 49.9 Å². The van der Waals surface area contributed by atoms with Crippen molar-refractivity contribution in [3.05, 3.63) is 71.0 Å². The molecule has 2 aromatic heterocycles. The molecule has 0 bridgehead atoms. The van der Waals surface area contributed by atoms with Crippen LogP contribution in [0, 0.1) is 0 Å². The number of hydrogen-bond acceptors (Lipinski definition) is 3. The summed E-state index contributed by atoms with van der Waals surface area (Å²) in [6.07, 6.45) is 0. The third-order valence-electron chi connectivity index (χ3n) is 4.14. The summed E-state index contributed by atoms with van der Waals surface area (Å²) in [5.41, 5.74) is 2.46. The summed E-state index contributed by atoms with van der Waals surface area (Å²) < 4.78 is 5.98. The van der Waals surface area contributed by atoms with E-state index in [4.69, 9.17) is 0 Å². The lowest BCUT2D eigenvalue weighted by molar-refractivity contribution is 0.277. The highest BCUT2D eigenvalue weighted by atomic mass is 16.4. The van der Waals surface area contributed by atoms with E-state index in [1.807, 2.05) is 60.7 Å². The quantitative estimate of drug-likeness (QED) is 0.420. The Hall–Kier alpha value is -2.98. The lowest BCUT2D eigenvalue weighted by Crippen LogP contribution is -2.13. The lowest BCUT2D eigenvalue weighted by atomic mass is 10.0. The monoisotopic (exact) mass is 332 g/mol. The van der Waals surface area contributed by atoms with Gasteiger partial charge in [-0.25, -0.2) is 4.98 Å². The molecule has 0 spiro atoms. The van der Waals surface area contributed by atoms with Crippen LogP contribution in [0.2, 0.25) is 0 Å². The number of benzene rings is 3. The molecule has 0 aliphatic rings.